The van der Waals surface area contributed by atoms with Crippen molar-refractivity contribution in [1.82, 2.24) is 5.32 Å². The van der Waals surface area contributed by atoms with E-state index in [-0.39, 0.29) is 5.91 Å². The van der Waals surface area contributed by atoms with Crippen LogP contribution in [0.15, 0.2) is 47.1 Å². The first-order chi connectivity index (χ1) is 11.1. The molecule has 0 aliphatic heterocycles. The number of nitrogens with one attached hydrogen (secondary N) is 1. The lowest BCUT2D eigenvalue weighted by Crippen LogP contribution is -2.24. The predicted molar refractivity (Wildman–Crippen MR) is 92.7 cm³/mol. The Labute approximate surface area is 140 Å². The van der Waals surface area contributed by atoms with E-state index in [1.54, 1.807) is 6.26 Å². The molecule has 0 aliphatic rings. The van der Waals surface area contributed by atoms with Crippen LogP contribution in [0.2, 0.25) is 5.02 Å². The summed E-state index contributed by atoms with van der Waals surface area (Å²) in [5, 5.41) is 4.56. The average molecular weight is 328 g/mol. The minimum atomic E-state index is -0.0501. The second-order valence-electron chi connectivity index (χ2n) is 5.69. The molecule has 0 atom stereocenters. The van der Waals surface area contributed by atoms with E-state index in [2.05, 4.69) is 11.4 Å². The molecule has 0 unspecified atom stereocenters. The quantitative estimate of drug-likeness (QED) is 0.763. The summed E-state index contributed by atoms with van der Waals surface area (Å²) in [7, 11) is 0. The van der Waals surface area contributed by atoms with Gasteiger partial charge in [0, 0.05) is 22.5 Å². The fraction of sp³-hybridized carbons (Fsp3) is 0.211. The van der Waals surface area contributed by atoms with Crippen molar-refractivity contribution >= 4 is 28.5 Å². The first-order valence-corrected chi connectivity index (χ1v) is 7.90. The van der Waals surface area contributed by atoms with Gasteiger partial charge in [0.05, 0.1) is 12.7 Å². The molecule has 1 amide bonds. The fourth-order valence-corrected chi connectivity index (χ4v) is 2.80. The zero-order chi connectivity index (χ0) is 16.4. The van der Waals surface area contributed by atoms with Crippen molar-refractivity contribution < 1.29 is 9.21 Å². The molecule has 0 spiro atoms. The van der Waals surface area contributed by atoms with Crippen LogP contribution in [0, 0.1) is 13.8 Å². The van der Waals surface area contributed by atoms with Crippen molar-refractivity contribution in [1.29, 1.82) is 0 Å². The first kappa shape index (κ1) is 15.6. The monoisotopic (exact) mass is 327 g/mol. The number of furan rings is 1. The van der Waals surface area contributed by atoms with Gasteiger partial charge in [-0.1, -0.05) is 41.9 Å². The number of hydrogen-bond acceptors (Lipinski definition) is 2. The van der Waals surface area contributed by atoms with Crippen LogP contribution < -0.4 is 5.32 Å². The zero-order valence-corrected chi connectivity index (χ0v) is 13.9. The van der Waals surface area contributed by atoms with E-state index in [1.807, 2.05) is 44.2 Å². The number of benzene rings is 2. The number of fused-ring (bicyclic) bond motifs is 1. The lowest BCUT2D eigenvalue weighted by atomic mass is 10.0. The summed E-state index contributed by atoms with van der Waals surface area (Å²) < 4.78 is 5.64. The van der Waals surface area contributed by atoms with Gasteiger partial charge in [-0.25, -0.2) is 0 Å². The van der Waals surface area contributed by atoms with Crippen molar-refractivity contribution in [3.8, 4) is 0 Å². The standard InChI is InChI=1S/C19H18ClNO2/c1-12-7-8-16-15(11-23-19(16)13(12)2)9-18(22)21-10-14-5-3-4-6-17(14)20/h3-8,11H,9-10H2,1-2H3,(H,21,22). The smallest absolute Gasteiger partial charge is 0.224 e. The molecule has 0 bridgehead atoms. The van der Waals surface area contributed by atoms with Gasteiger partial charge >= 0.3 is 0 Å². The van der Waals surface area contributed by atoms with Crippen LogP contribution in [0.3, 0.4) is 0 Å². The highest BCUT2D eigenvalue weighted by Gasteiger charge is 2.13. The normalized spacial score (nSPS) is 10.9. The Morgan fingerprint density at radius 1 is 1.13 bits per heavy atom. The van der Waals surface area contributed by atoms with Gasteiger partial charge in [-0.3, -0.25) is 4.79 Å². The van der Waals surface area contributed by atoms with Crippen molar-refractivity contribution in [3.63, 3.8) is 0 Å². The van der Waals surface area contributed by atoms with E-state index < -0.39 is 0 Å². The highest BCUT2D eigenvalue weighted by atomic mass is 35.5. The molecule has 118 valence electrons. The third-order valence-corrected chi connectivity index (χ3v) is 4.50. The average Bonchev–Trinajstić information content (AvgIpc) is 2.94. The molecule has 23 heavy (non-hydrogen) atoms. The van der Waals surface area contributed by atoms with Gasteiger partial charge in [0.1, 0.15) is 5.58 Å². The minimum Gasteiger partial charge on any atom is -0.464 e. The molecule has 0 radical (unpaired) electrons. The Bertz CT molecular complexity index is 867. The van der Waals surface area contributed by atoms with Crippen LogP contribution in [0.5, 0.6) is 0 Å². The van der Waals surface area contributed by atoms with Crippen LogP contribution in [0.4, 0.5) is 0 Å². The highest BCUT2D eigenvalue weighted by Crippen LogP contribution is 2.26. The second kappa shape index (κ2) is 6.47. The van der Waals surface area contributed by atoms with Crippen LogP contribution in [0.1, 0.15) is 22.3 Å². The van der Waals surface area contributed by atoms with Crippen molar-refractivity contribution in [2.24, 2.45) is 0 Å². The Morgan fingerprint density at radius 3 is 2.70 bits per heavy atom. The molecule has 0 saturated carbocycles. The van der Waals surface area contributed by atoms with E-state index in [0.29, 0.717) is 18.0 Å². The summed E-state index contributed by atoms with van der Waals surface area (Å²) in [4.78, 5) is 12.2. The van der Waals surface area contributed by atoms with Gasteiger partial charge in [0.2, 0.25) is 5.91 Å². The topological polar surface area (TPSA) is 42.2 Å². The van der Waals surface area contributed by atoms with Gasteiger partial charge in [-0.05, 0) is 36.6 Å². The van der Waals surface area contributed by atoms with Gasteiger partial charge in [0.25, 0.3) is 0 Å². The second-order valence-corrected chi connectivity index (χ2v) is 6.10. The predicted octanol–water partition coefficient (Wildman–Crippen LogP) is 4.56. The van der Waals surface area contributed by atoms with Crippen molar-refractivity contribution in [3.05, 3.63) is 69.9 Å². The molecule has 4 heteroatoms. The number of hydrogen-bond donors (Lipinski definition) is 1. The Balaban J connectivity index is 1.71. The molecule has 0 fully saturated rings. The number of amides is 1. The maximum Gasteiger partial charge on any atom is 0.224 e. The number of rotatable bonds is 4. The molecule has 3 rings (SSSR count). The summed E-state index contributed by atoms with van der Waals surface area (Å²) in [6, 6.07) is 11.6. The number of aryl methyl sites for hydroxylation is 2. The van der Waals surface area contributed by atoms with Crippen LogP contribution in [-0.4, -0.2) is 5.91 Å². The first-order valence-electron chi connectivity index (χ1n) is 7.52. The molecule has 0 aliphatic carbocycles. The molecular weight excluding hydrogens is 310 g/mol. The maximum absolute atomic E-state index is 12.2. The molecule has 1 aromatic heterocycles. The fourth-order valence-electron chi connectivity index (χ4n) is 2.60. The van der Waals surface area contributed by atoms with Gasteiger partial charge < -0.3 is 9.73 Å². The molecule has 3 nitrogen and oxygen atoms in total. The van der Waals surface area contributed by atoms with Gasteiger partial charge in [-0.15, -0.1) is 0 Å². The Hall–Kier alpha value is -2.26. The maximum atomic E-state index is 12.2. The SMILES string of the molecule is Cc1ccc2c(CC(=O)NCc3ccccc3Cl)coc2c1C. The Kier molecular flexibility index (Phi) is 4.39. The van der Waals surface area contributed by atoms with Crippen LogP contribution in [0.25, 0.3) is 11.0 Å². The summed E-state index contributed by atoms with van der Waals surface area (Å²) in [5.41, 5.74) is 4.97. The lowest BCUT2D eigenvalue weighted by Gasteiger charge is -2.06. The number of carbonyl (C=O) groups excluding carboxylic acids is 1. The van der Waals surface area contributed by atoms with E-state index in [4.69, 9.17) is 16.0 Å². The van der Waals surface area contributed by atoms with E-state index >= 15 is 0 Å². The van der Waals surface area contributed by atoms with E-state index in [0.717, 1.165) is 27.7 Å². The largest absolute Gasteiger partial charge is 0.464 e. The molecule has 2 aromatic carbocycles. The summed E-state index contributed by atoms with van der Waals surface area (Å²) in [6.45, 7) is 4.50. The van der Waals surface area contributed by atoms with Crippen molar-refractivity contribution in [2.75, 3.05) is 0 Å². The van der Waals surface area contributed by atoms with E-state index in [1.165, 1.54) is 5.56 Å². The Morgan fingerprint density at radius 2 is 1.91 bits per heavy atom. The summed E-state index contributed by atoms with van der Waals surface area (Å²) in [5.74, 6) is -0.0501. The van der Waals surface area contributed by atoms with Crippen LogP contribution in [-0.2, 0) is 17.8 Å². The highest BCUT2D eigenvalue weighted by molar-refractivity contribution is 6.31. The van der Waals surface area contributed by atoms with Gasteiger partial charge in [0.15, 0.2) is 0 Å². The summed E-state index contributed by atoms with van der Waals surface area (Å²) in [6.07, 6.45) is 1.96. The van der Waals surface area contributed by atoms with Crippen molar-refractivity contribution in [2.45, 2.75) is 26.8 Å². The minimum absolute atomic E-state index is 0.0501. The van der Waals surface area contributed by atoms with Gasteiger partial charge in [-0.2, -0.15) is 0 Å². The summed E-state index contributed by atoms with van der Waals surface area (Å²) >= 11 is 6.09. The van der Waals surface area contributed by atoms with E-state index in [9.17, 15) is 4.79 Å². The molecule has 1 N–H and O–H groups in total. The zero-order valence-electron chi connectivity index (χ0n) is 13.2. The molecular formula is C19H18ClNO2. The third kappa shape index (κ3) is 3.25. The third-order valence-electron chi connectivity index (χ3n) is 4.13. The molecule has 3 aromatic rings. The number of halogens is 1. The molecule has 0 saturated heterocycles. The molecule has 1 heterocycles. The van der Waals surface area contributed by atoms with Crippen LogP contribution >= 0.6 is 11.6 Å². The lowest BCUT2D eigenvalue weighted by molar-refractivity contribution is -0.120. The number of carbonyl (C=O) groups is 1.